The van der Waals surface area contributed by atoms with Crippen LogP contribution in [0.3, 0.4) is 0 Å². The van der Waals surface area contributed by atoms with Crippen molar-refractivity contribution in [1.29, 1.82) is 5.26 Å². The summed E-state index contributed by atoms with van der Waals surface area (Å²) in [5.74, 6) is 0. The number of hydrogen-bond donors (Lipinski definition) is 2. The Balaban J connectivity index is 1.59. The molecule has 0 radical (unpaired) electrons. The van der Waals surface area contributed by atoms with Gasteiger partial charge in [0.1, 0.15) is 12.0 Å². The molecule has 0 bridgehead atoms. The van der Waals surface area contributed by atoms with Crippen LogP contribution in [0, 0.1) is 11.3 Å². The number of H-pyrrole nitrogens is 1. The van der Waals surface area contributed by atoms with Gasteiger partial charge in [-0.1, -0.05) is 0 Å². The van der Waals surface area contributed by atoms with Crippen LogP contribution in [0.15, 0.2) is 31.0 Å². The number of nitrogens with one attached hydrogen (secondary N) is 2. The third-order valence-corrected chi connectivity index (χ3v) is 4.61. The summed E-state index contributed by atoms with van der Waals surface area (Å²) in [5.41, 5.74) is 2.61. The molecule has 0 amide bonds. The van der Waals surface area contributed by atoms with Crippen LogP contribution in [0.1, 0.15) is 12.5 Å². The molecule has 4 heterocycles. The highest BCUT2D eigenvalue weighted by Gasteiger charge is 2.19. The van der Waals surface area contributed by atoms with Gasteiger partial charge in [-0.05, 0) is 6.07 Å². The Morgan fingerprint density at radius 3 is 3.00 bits per heavy atom. The van der Waals surface area contributed by atoms with Crippen LogP contribution in [0.4, 0.5) is 0 Å². The summed E-state index contributed by atoms with van der Waals surface area (Å²) in [7, 11) is 0. The van der Waals surface area contributed by atoms with Gasteiger partial charge in [-0.2, -0.15) is 10.4 Å². The van der Waals surface area contributed by atoms with Gasteiger partial charge in [0.2, 0.25) is 0 Å². The molecule has 1 fully saturated rings. The van der Waals surface area contributed by atoms with Crippen molar-refractivity contribution in [2.45, 2.75) is 12.5 Å². The first-order valence-electron chi connectivity index (χ1n) is 8.48. The predicted octanol–water partition coefficient (Wildman–Crippen LogP) is 1.18. The number of aromatic amines is 1. The molecular formula is C17H20N8. The van der Waals surface area contributed by atoms with E-state index in [1.54, 1.807) is 6.33 Å². The maximum absolute atomic E-state index is 9.22. The molecule has 0 aliphatic carbocycles. The van der Waals surface area contributed by atoms with E-state index in [4.69, 9.17) is 0 Å². The minimum Gasteiger partial charge on any atom is -0.346 e. The van der Waals surface area contributed by atoms with E-state index in [-0.39, 0.29) is 6.04 Å². The maximum Gasteiger partial charge on any atom is 0.141 e. The van der Waals surface area contributed by atoms with Gasteiger partial charge in [-0.3, -0.25) is 9.58 Å². The number of hydrogen-bond acceptors (Lipinski definition) is 6. The van der Waals surface area contributed by atoms with Crippen LogP contribution < -0.4 is 5.32 Å². The number of rotatable bonds is 5. The summed E-state index contributed by atoms with van der Waals surface area (Å²) in [4.78, 5) is 14.1. The van der Waals surface area contributed by atoms with E-state index in [9.17, 15) is 5.26 Å². The topological polar surface area (TPSA) is 98.5 Å². The molecule has 0 aromatic carbocycles. The molecule has 3 aromatic heterocycles. The number of fused-ring (bicyclic) bond motifs is 1. The second kappa shape index (κ2) is 7.01. The number of aromatic nitrogens is 5. The monoisotopic (exact) mass is 336 g/mol. The van der Waals surface area contributed by atoms with E-state index in [0.717, 1.165) is 55.0 Å². The van der Waals surface area contributed by atoms with Gasteiger partial charge in [-0.25, -0.2) is 9.97 Å². The molecule has 8 heteroatoms. The van der Waals surface area contributed by atoms with E-state index >= 15 is 0 Å². The van der Waals surface area contributed by atoms with Gasteiger partial charge in [-0.15, -0.1) is 0 Å². The van der Waals surface area contributed by atoms with Gasteiger partial charge in [0.15, 0.2) is 0 Å². The van der Waals surface area contributed by atoms with E-state index < -0.39 is 0 Å². The quantitative estimate of drug-likeness (QED) is 0.726. The Bertz CT molecular complexity index is 883. The van der Waals surface area contributed by atoms with E-state index in [1.807, 2.05) is 29.3 Å². The third kappa shape index (κ3) is 3.24. The van der Waals surface area contributed by atoms with Gasteiger partial charge < -0.3 is 10.3 Å². The lowest BCUT2D eigenvalue weighted by Crippen LogP contribution is -2.45. The van der Waals surface area contributed by atoms with Gasteiger partial charge in [0, 0.05) is 56.1 Å². The lowest BCUT2D eigenvalue weighted by atomic mass is 10.1. The zero-order valence-corrected chi connectivity index (χ0v) is 13.9. The van der Waals surface area contributed by atoms with Crippen molar-refractivity contribution >= 4 is 11.0 Å². The number of piperazine rings is 1. The summed E-state index contributed by atoms with van der Waals surface area (Å²) in [5, 5.41) is 18.1. The molecule has 4 rings (SSSR count). The zero-order chi connectivity index (χ0) is 17.1. The van der Waals surface area contributed by atoms with Crippen LogP contribution >= 0.6 is 0 Å². The third-order valence-electron chi connectivity index (χ3n) is 4.61. The summed E-state index contributed by atoms with van der Waals surface area (Å²) in [6, 6.07) is 4.31. The molecule has 8 nitrogen and oxygen atoms in total. The molecule has 128 valence electrons. The first-order valence-corrected chi connectivity index (χ1v) is 8.48. The van der Waals surface area contributed by atoms with Crippen molar-refractivity contribution in [3.63, 3.8) is 0 Å². The van der Waals surface area contributed by atoms with Crippen LogP contribution in [0.5, 0.6) is 0 Å². The molecule has 1 saturated heterocycles. The minimum absolute atomic E-state index is 0.0420. The van der Waals surface area contributed by atoms with Gasteiger partial charge >= 0.3 is 0 Å². The van der Waals surface area contributed by atoms with Crippen molar-refractivity contribution in [3.8, 4) is 17.3 Å². The average molecular weight is 336 g/mol. The molecule has 1 aliphatic heterocycles. The Labute approximate surface area is 145 Å². The van der Waals surface area contributed by atoms with Crippen molar-refractivity contribution < 1.29 is 0 Å². The summed E-state index contributed by atoms with van der Waals surface area (Å²) < 4.78 is 1.90. The summed E-state index contributed by atoms with van der Waals surface area (Å²) >= 11 is 0. The first-order chi connectivity index (χ1) is 12.3. The van der Waals surface area contributed by atoms with Crippen LogP contribution in [0.25, 0.3) is 22.3 Å². The molecule has 2 N–H and O–H groups in total. The average Bonchev–Trinajstić information content (AvgIpc) is 3.31. The van der Waals surface area contributed by atoms with E-state index in [1.165, 1.54) is 0 Å². The van der Waals surface area contributed by atoms with Crippen molar-refractivity contribution in [2.75, 3.05) is 32.7 Å². The van der Waals surface area contributed by atoms with Crippen LogP contribution in [-0.2, 0) is 0 Å². The Kier molecular flexibility index (Phi) is 4.41. The Morgan fingerprint density at radius 1 is 1.28 bits per heavy atom. The summed E-state index contributed by atoms with van der Waals surface area (Å²) in [6.07, 6.45) is 7.65. The van der Waals surface area contributed by atoms with Crippen LogP contribution in [0.2, 0.25) is 0 Å². The molecule has 3 aromatic rings. The fourth-order valence-electron chi connectivity index (χ4n) is 3.30. The van der Waals surface area contributed by atoms with E-state index in [2.05, 4.69) is 36.3 Å². The SMILES string of the molecule is N#CCC(CN1CCNCC1)n1cc(-c2ncnc3[nH]ccc23)cn1. The summed E-state index contributed by atoms with van der Waals surface area (Å²) in [6.45, 7) is 4.84. The highest BCUT2D eigenvalue weighted by atomic mass is 15.3. The lowest BCUT2D eigenvalue weighted by Gasteiger charge is -2.30. The smallest absolute Gasteiger partial charge is 0.141 e. The molecule has 25 heavy (non-hydrogen) atoms. The standard InChI is InChI=1S/C17H20N8/c18-3-1-14(11-24-7-5-19-6-8-24)25-10-13(9-23-25)16-15-2-4-20-17(15)22-12-21-16/h2,4,9-10,12,14,19H,1,5-8,11H2,(H,20,21,22). The fraction of sp³-hybridized carbons (Fsp3) is 0.412. The fourth-order valence-corrected chi connectivity index (χ4v) is 3.30. The second-order valence-corrected chi connectivity index (χ2v) is 6.24. The van der Waals surface area contributed by atoms with Crippen molar-refractivity contribution in [2.24, 2.45) is 0 Å². The Morgan fingerprint density at radius 2 is 2.16 bits per heavy atom. The highest BCUT2D eigenvalue weighted by molar-refractivity contribution is 5.89. The van der Waals surface area contributed by atoms with Crippen LogP contribution in [-0.4, -0.2) is 62.4 Å². The molecular weight excluding hydrogens is 316 g/mol. The highest BCUT2D eigenvalue weighted by Crippen LogP contribution is 2.25. The second-order valence-electron chi connectivity index (χ2n) is 6.24. The molecule has 1 unspecified atom stereocenters. The van der Waals surface area contributed by atoms with Crippen molar-refractivity contribution in [1.82, 2.24) is 34.9 Å². The van der Waals surface area contributed by atoms with Gasteiger partial charge in [0.05, 0.1) is 30.4 Å². The van der Waals surface area contributed by atoms with E-state index in [0.29, 0.717) is 6.42 Å². The minimum atomic E-state index is 0.0420. The van der Waals surface area contributed by atoms with Crippen molar-refractivity contribution in [3.05, 3.63) is 31.0 Å². The first kappa shape index (κ1) is 15.7. The maximum atomic E-state index is 9.22. The number of nitrogens with zero attached hydrogens (tertiary/aromatic N) is 6. The van der Waals surface area contributed by atoms with Gasteiger partial charge in [0.25, 0.3) is 0 Å². The zero-order valence-electron chi connectivity index (χ0n) is 13.9. The predicted molar refractivity (Wildman–Crippen MR) is 93.7 cm³/mol. The molecule has 0 saturated carbocycles. The Hall–Kier alpha value is -2.76. The lowest BCUT2D eigenvalue weighted by molar-refractivity contribution is 0.202. The molecule has 1 aliphatic rings. The largest absolute Gasteiger partial charge is 0.346 e. The number of nitriles is 1. The molecule has 1 atom stereocenters. The normalized spacial score (nSPS) is 16.8. The molecule has 0 spiro atoms.